The van der Waals surface area contributed by atoms with Gasteiger partial charge >= 0.3 is 170 Å². The zero-order valence-corrected chi connectivity index (χ0v) is 73.5. The van der Waals surface area contributed by atoms with E-state index in [0.29, 0.717) is 0 Å². The minimum Gasteiger partial charge on any atom is -0.430 e. The molecule has 0 radical (unpaired) electrons. The standard InChI is InChI=1S/C10H8F10O5.C10H10F8O5.C9H8F8O4.C9H9F7O4.C8H9F5O4.C8H12F2O4.C7H8F4O4.C7H9F3O4/c1-6(11,25-10(19,20)7(12,13)8(14,15)16)9(17,18)23-3-4-2-22-5(21)24-4;1-7(11,4-20-2-5-3-21-6(19)22-5)23-10(17,18)8(12,13)9(14,15)16;10-5(11)8(14,15)9(16,17)7(12,13)3-19-1-4-2-20-6(18)21-4;10-7(11,8(12,13)9(14,15)16)1-2-18-3-5-4-19-6(17)20-5;9-7(10,8(11,12)13)1-2-15-3-5-4-16-6(14)17-5;1-8(9,10)2-3-12-4-6-5-13-7(11)14-6;8-5(9)7(10,11)3-13-1-4-2-14-6(12)15-4;8-7(9,10)1-2-12-3-5-4-13-6(11)14-5/h4H,2-3H2,1H3;5H,2-4H2,1H3;4-5H,1-3H2;5H,1-4H2;5H,1-4H2;6H,2-5H2,1H3;4-5H,1-3H2;5H,1-4H2. The fourth-order valence-electron chi connectivity index (χ4n) is 8.72. The zero-order valence-electron chi connectivity index (χ0n) is 73.5. The molecule has 149 heavy (non-hydrogen) atoms. The molecule has 0 bridgehead atoms. The molecule has 0 aromatic carbocycles. The fourth-order valence-corrected chi connectivity index (χ4v) is 8.72. The quantitative estimate of drug-likeness (QED) is 0.0236. The SMILES string of the molecule is CC(F)(COCC1COC(=O)O1)OC(F)(F)C(F)(F)C(F)(F)F.CC(F)(F)CCOCC1COC(=O)O1.CC(F)(OC(F)(F)C(F)(F)C(F)(F)F)C(F)(F)OCC1COC(=O)O1.O=C1OCC(COCC(F)(F)C(F)(F)C(F)(F)C(F)F)O1.O=C1OCC(COCC(F)(F)C(F)F)O1.O=C1OCC(COCCC(F)(F)C(F)(F)C(F)(F)F)O1.O=C1OCC(COCCC(F)(F)C(F)(F)F)O1.O=C1OCC(COCCC(F)(F)F)O1. The van der Waals surface area contributed by atoms with Crippen LogP contribution in [-0.4, -0.2) is 383 Å². The van der Waals surface area contributed by atoms with E-state index >= 15 is 0 Å². The predicted octanol–water partition coefficient (Wildman–Crippen LogP) is 18.8. The van der Waals surface area contributed by atoms with E-state index in [9.17, 15) is 245 Å². The van der Waals surface area contributed by atoms with Crippen molar-refractivity contribution >= 4 is 49.2 Å². The van der Waals surface area contributed by atoms with Gasteiger partial charge in [-0.25, -0.2) is 73.5 Å². The lowest BCUT2D eigenvalue weighted by atomic mass is 10.1. The lowest BCUT2D eigenvalue weighted by molar-refractivity contribution is -0.491. The molecule has 81 heteroatoms. The van der Waals surface area contributed by atoms with Crippen LogP contribution in [-0.2, 0) is 123 Å². The van der Waals surface area contributed by atoms with Gasteiger partial charge in [0, 0.05) is 26.2 Å². The Balaban J connectivity index is 0.000000858. The smallest absolute Gasteiger partial charge is 0.430 e. The van der Waals surface area contributed by atoms with Crippen LogP contribution in [0.4, 0.5) is 245 Å². The highest BCUT2D eigenvalue weighted by Gasteiger charge is 2.80. The lowest BCUT2D eigenvalue weighted by Gasteiger charge is -2.35. The van der Waals surface area contributed by atoms with Gasteiger partial charge in [-0.3, -0.25) is 9.47 Å². The molecule has 8 aliphatic heterocycles. The van der Waals surface area contributed by atoms with E-state index in [-0.39, 0.29) is 79.4 Å². The van der Waals surface area contributed by atoms with Gasteiger partial charge in [-0.1, -0.05) is 0 Å². The van der Waals surface area contributed by atoms with Gasteiger partial charge in [0.1, 0.15) is 72.7 Å². The van der Waals surface area contributed by atoms with Gasteiger partial charge in [0.25, 0.3) is 0 Å². The second-order valence-corrected chi connectivity index (χ2v) is 29.4. The Morgan fingerprint density at radius 1 is 0.255 bits per heavy atom. The maximum atomic E-state index is 13.6. The van der Waals surface area contributed by atoms with Gasteiger partial charge in [-0.05, 0) is 13.8 Å². The van der Waals surface area contributed by atoms with Crippen LogP contribution < -0.4 is 0 Å². The lowest BCUT2D eigenvalue weighted by Crippen LogP contribution is -2.59. The van der Waals surface area contributed by atoms with Gasteiger partial charge in [0.05, 0.1) is 85.7 Å². The number of carbonyl (C=O) groups is 8. The van der Waals surface area contributed by atoms with E-state index in [1.165, 1.54) is 0 Å². The van der Waals surface area contributed by atoms with Crippen molar-refractivity contribution in [2.24, 2.45) is 0 Å². The van der Waals surface area contributed by atoms with Crippen molar-refractivity contribution in [1.29, 1.82) is 0 Å². The van der Waals surface area contributed by atoms with Gasteiger partial charge in [-0.15, -0.1) is 0 Å². The molecule has 0 saturated carbocycles. The van der Waals surface area contributed by atoms with E-state index < -0.39 is 343 Å². The predicted molar refractivity (Wildman–Crippen MR) is 363 cm³/mol. The summed E-state index contributed by atoms with van der Waals surface area (Å²) in [7, 11) is 0. The summed E-state index contributed by atoms with van der Waals surface area (Å²) in [4.78, 5) is 83.4. The molecule has 8 fully saturated rings. The molecule has 10 atom stereocenters. The number of carbonyl (C=O) groups excluding carboxylic acids is 8. The van der Waals surface area contributed by atoms with Crippen molar-refractivity contribution in [3.8, 4) is 0 Å². The van der Waals surface area contributed by atoms with Crippen LogP contribution in [0.2, 0.25) is 0 Å². The monoisotopic (exact) mass is 2330 g/mol. The molecule has 8 saturated heterocycles. The molecule has 0 aromatic rings. The number of hydrogen-bond acceptors (Lipinski definition) is 34. The van der Waals surface area contributed by atoms with Crippen LogP contribution >= 0.6 is 0 Å². The van der Waals surface area contributed by atoms with Crippen molar-refractivity contribution < 1.29 is 368 Å². The van der Waals surface area contributed by atoms with Gasteiger partial charge < -0.3 is 114 Å². The summed E-state index contributed by atoms with van der Waals surface area (Å²) in [5.41, 5.74) is 0. The Kier molecular flexibility index (Phi) is 51.1. The minimum absolute atomic E-state index is 0.0326. The van der Waals surface area contributed by atoms with Gasteiger partial charge in [0.2, 0.25) is 11.8 Å². The summed E-state index contributed by atoms with van der Waals surface area (Å²) in [5.74, 6) is -63.6. The summed E-state index contributed by atoms with van der Waals surface area (Å²) < 4.78 is 690. The summed E-state index contributed by atoms with van der Waals surface area (Å²) in [6, 6.07) is 0. The Morgan fingerprint density at radius 2 is 0.503 bits per heavy atom. The topological polar surface area (TPSA) is 377 Å². The third-order valence-electron chi connectivity index (χ3n) is 16.4. The first kappa shape index (κ1) is 137. The molecule has 8 aliphatic rings. The first-order chi connectivity index (χ1) is 67.1. The maximum absolute atomic E-state index is 13.6. The number of ether oxygens (including phenoxy) is 26. The van der Waals surface area contributed by atoms with Crippen LogP contribution in [0, 0.1) is 0 Å². The van der Waals surface area contributed by atoms with E-state index in [1.54, 1.807) is 0 Å². The molecule has 8 heterocycles. The van der Waals surface area contributed by atoms with Gasteiger partial charge in [-0.2, -0.15) is 171 Å². The van der Waals surface area contributed by atoms with Crippen LogP contribution in [0.25, 0.3) is 0 Å². The summed E-state index contributed by atoms with van der Waals surface area (Å²) in [6.45, 7) is -12.5. The number of hydrogen-bond donors (Lipinski definition) is 0. The summed E-state index contributed by atoms with van der Waals surface area (Å²) >= 11 is 0. The third kappa shape index (κ3) is 46.5. The molecular weight excluding hydrogens is 2250 g/mol. The first-order valence-electron chi connectivity index (χ1n) is 39.0. The number of halogens is 47. The van der Waals surface area contributed by atoms with Crippen molar-refractivity contribution in [3.05, 3.63) is 0 Å². The van der Waals surface area contributed by atoms with Crippen molar-refractivity contribution in [1.82, 2.24) is 0 Å². The second-order valence-electron chi connectivity index (χ2n) is 29.4. The maximum Gasteiger partial charge on any atom is 0.508 e. The van der Waals surface area contributed by atoms with Gasteiger partial charge in [0.15, 0.2) is 48.8 Å². The minimum atomic E-state index is -6.97. The third-order valence-corrected chi connectivity index (χ3v) is 16.4. The molecule has 34 nitrogen and oxygen atoms in total. The molecule has 0 spiro atoms. The first-order valence-corrected chi connectivity index (χ1v) is 39.0. The zero-order chi connectivity index (χ0) is 116. The Bertz CT molecular complexity index is 4040. The average molecular weight is 2330 g/mol. The molecular formula is C68H73F47O34. The van der Waals surface area contributed by atoms with E-state index in [1.807, 2.05) is 0 Å². The highest BCUT2D eigenvalue weighted by Crippen LogP contribution is 2.54. The Morgan fingerprint density at radius 3 is 0.752 bits per heavy atom. The molecule has 0 N–H and O–H groups in total. The van der Waals surface area contributed by atoms with Crippen LogP contribution in [0.5, 0.6) is 0 Å². The summed E-state index contributed by atoms with van der Waals surface area (Å²) in [5, 5.41) is 0. The number of cyclic esters (lactones) is 16. The highest BCUT2D eigenvalue weighted by atomic mass is 19.5. The van der Waals surface area contributed by atoms with Crippen molar-refractivity contribution in [2.75, 3.05) is 152 Å². The molecule has 0 amide bonds. The van der Waals surface area contributed by atoms with E-state index in [4.69, 9.17) is 4.74 Å². The summed E-state index contributed by atoms with van der Waals surface area (Å²) in [6.07, 6.45) is -76.6. The van der Waals surface area contributed by atoms with E-state index in [2.05, 4.69) is 118 Å². The molecule has 0 aliphatic carbocycles. The molecule has 8 rings (SSSR count). The van der Waals surface area contributed by atoms with Crippen LogP contribution in [0.3, 0.4) is 0 Å². The number of rotatable bonds is 46. The fraction of sp³-hybridized carbons (Fsp3) is 0.882. The Hall–Kier alpha value is -9.53. The highest BCUT2D eigenvalue weighted by molar-refractivity contribution is 5.64. The molecule has 10 unspecified atom stereocenters. The van der Waals surface area contributed by atoms with Crippen LogP contribution in [0.1, 0.15) is 46.5 Å². The normalized spacial score (nSPS) is 21.6. The largest absolute Gasteiger partial charge is 0.508 e. The Labute approximate surface area is 796 Å². The average Bonchev–Trinajstić information content (AvgIpc) is 1.11. The van der Waals surface area contributed by atoms with Crippen molar-refractivity contribution in [2.45, 2.75) is 228 Å². The molecule has 0 aromatic heterocycles. The van der Waals surface area contributed by atoms with Crippen molar-refractivity contribution in [3.63, 3.8) is 0 Å². The molecule has 878 valence electrons. The number of alkyl halides is 47. The van der Waals surface area contributed by atoms with E-state index in [0.717, 1.165) is 6.92 Å². The second kappa shape index (κ2) is 55.3. The van der Waals surface area contributed by atoms with Crippen LogP contribution in [0.15, 0.2) is 0 Å².